The van der Waals surface area contributed by atoms with E-state index < -0.39 is 11.9 Å². The molecule has 0 radical (unpaired) electrons. The zero-order valence-corrected chi connectivity index (χ0v) is 15.8. The van der Waals surface area contributed by atoms with Gasteiger partial charge in [0.15, 0.2) is 0 Å². The van der Waals surface area contributed by atoms with Crippen molar-refractivity contribution in [1.82, 2.24) is 29.5 Å². The van der Waals surface area contributed by atoms with Crippen LogP contribution in [0.15, 0.2) is 67.9 Å². The number of hydrogen-bond acceptors (Lipinski definition) is 6. The van der Waals surface area contributed by atoms with Gasteiger partial charge in [-0.05, 0) is 24.3 Å². The van der Waals surface area contributed by atoms with E-state index in [-0.39, 0.29) is 18.0 Å². The van der Waals surface area contributed by atoms with E-state index in [0.717, 1.165) is 23.4 Å². The predicted molar refractivity (Wildman–Crippen MR) is 104 cm³/mol. The van der Waals surface area contributed by atoms with Crippen LogP contribution in [0.25, 0.3) is 22.4 Å². The first-order valence-electron chi connectivity index (χ1n) is 8.95. The van der Waals surface area contributed by atoms with Crippen LogP contribution in [0, 0.1) is 0 Å². The number of hydrogen-bond donors (Lipinski definition) is 1. The number of anilines is 1. The Bertz CT molecular complexity index is 1190. The molecule has 0 saturated heterocycles. The topological polar surface area (TPSA) is 98.5 Å². The molecule has 0 atom stereocenters. The average Bonchev–Trinajstić information content (AvgIpc) is 3.23. The molecule has 0 aliphatic heterocycles. The number of carbonyl (C=O) groups excluding carboxylic acids is 1. The van der Waals surface area contributed by atoms with Gasteiger partial charge in [0.25, 0.3) is 0 Å². The second-order valence-electron chi connectivity index (χ2n) is 6.47. The number of aromatic nitrogens is 6. The summed E-state index contributed by atoms with van der Waals surface area (Å²) in [6.07, 6.45) is 5.70. The van der Waals surface area contributed by atoms with E-state index in [0.29, 0.717) is 11.5 Å². The molecule has 0 aliphatic rings. The van der Waals surface area contributed by atoms with E-state index in [4.69, 9.17) is 0 Å². The highest BCUT2D eigenvalue weighted by molar-refractivity contribution is 5.89. The Balaban J connectivity index is 1.40. The van der Waals surface area contributed by atoms with Gasteiger partial charge < -0.3 is 9.88 Å². The predicted octanol–water partition coefficient (Wildman–Crippen LogP) is 3.45. The van der Waals surface area contributed by atoms with Crippen molar-refractivity contribution in [1.29, 1.82) is 0 Å². The van der Waals surface area contributed by atoms with Crippen molar-refractivity contribution in [2.75, 3.05) is 5.32 Å². The molecule has 0 aromatic carbocycles. The lowest BCUT2D eigenvalue weighted by molar-refractivity contribution is -0.141. The van der Waals surface area contributed by atoms with Crippen molar-refractivity contribution in [3.8, 4) is 22.4 Å². The van der Waals surface area contributed by atoms with Crippen LogP contribution in [-0.2, 0) is 17.5 Å². The molecular formula is C20H14F3N7O. The van der Waals surface area contributed by atoms with Gasteiger partial charge in [-0.25, -0.2) is 19.9 Å². The number of alkyl halides is 3. The highest BCUT2D eigenvalue weighted by Crippen LogP contribution is 2.30. The van der Waals surface area contributed by atoms with E-state index in [1.54, 1.807) is 30.7 Å². The van der Waals surface area contributed by atoms with Crippen molar-refractivity contribution < 1.29 is 18.0 Å². The summed E-state index contributed by atoms with van der Waals surface area (Å²) in [5, 5.41) is 2.66. The zero-order valence-electron chi connectivity index (χ0n) is 15.8. The highest BCUT2D eigenvalue weighted by atomic mass is 19.4. The fraction of sp³-hybridized carbons (Fsp3) is 0.100. The van der Waals surface area contributed by atoms with Crippen LogP contribution in [0.1, 0.15) is 5.69 Å². The maximum atomic E-state index is 12.8. The largest absolute Gasteiger partial charge is 0.433 e. The molecule has 0 spiro atoms. The number of carbonyl (C=O) groups is 1. The zero-order chi connectivity index (χ0) is 21.8. The minimum atomic E-state index is -4.55. The van der Waals surface area contributed by atoms with Crippen LogP contribution >= 0.6 is 0 Å². The minimum Gasteiger partial charge on any atom is -0.327 e. The van der Waals surface area contributed by atoms with Crippen LogP contribution in [0.5, 0.6) is 0 Å². The second-order valence-corrected chi connectivity index (χ2v) is 6.47. The van der Waals surface area contributed by atoms with Gasteiger partial charge in [0.2, 0.25) is 5.91 Å². The molecule has 4 rings (SSSR count). The van der Waals surface area contributed by atoms with Gasteiger partial charge >= 0.3 is 6.18 Å². The van der Waals surface area contributed by atoms with Crippen molar-refractivity contribution in [2.24, 2.45) is 0 Å². The van der Waals surface area contributed by atoms with Gasteiger partial charge in [0.05, 0.1) is 12.0 Å². The maximum absolute atomic E-state index is 12.8. The molecule has 8 nitrogen and oxygen atoms in total. The van der Waals surface area contributed by atoms with E-state index in [1.165, 1.54) is 29.5 Å². The number of rotatable bonds is 5. The van der Waals surface area contributed by atoms with E-state index in [1.807, 2.05) is 0 Å². The molecule has 0 unspecified atom stereocenters. The summed E-state index contributed by atoms with van der Waals surface area (Å²) in [5.74, 6) is -0.00663. The summed E-state index contributed by atoms with van der Waals surface area (Å²) in [7, 11) is 0. The normalized spacial score (nSPS) is 11.3. The molecule has 4 aromatic rings. The Morgan fingerprint density at radius 2 is 1.77 bits per heavy atom. The second kappa shape index (κ2) is 8.30. The van der Waals surface area contributed by atoms with Crippen LogP contribution < -0.4 is 5.32 Å². The summed E-state index contributed by atoms with van der Waals surface area (Å²) >= 11 is 0. The maximum Gasteiger partial charge on any atom is 0.433 e. The van der Waals surface area contributed by atoms with Crippen LogP contribution in [0.3, 0.4) is 0 Å². The Morgan fingerprint density at radius 3 is 2.48 bits per heavy atom. The molecule has 1 amide bonds. The van der Waals surface area contributed by atoms with Crippen LogP contribution in [0.4, 0.5) is 19.0 Å². The van der Waals surface area contributed by atoms with Gasteiger partial charge in [-0.3, -0.25) is 9.78 Å². The van der Waals surface area contributed by atoms with E-state index >= 15 is 0 Å². The molecule has 4 heterocycles. The number of nitrogens with zero attached hydrogens (tertiary/aromatic N) is 6. The fourth-order valence-corrected chi connectivity index (χ4v) is 2.78. The lowest BCUT2D eigenvalue weighted by atomic mass is 10.1. The summed E-state index contributed by atoms with van der Waals surface area (Å²) in [4.78, 5) is 31.8. The average molecular weight is 425 g/mol. The van der Waals surface area contributed by atoms with Crippen molar-refractivity contribution in [2.45, 2.75) is 12.7 Å². The Hall–Kier alpha value is -4.15. The number of pyridine rings is 2. The van der Waals surface area contributed by atoms with Gasteiger partial charge in [0, 0.05) is 47.7 Å². The lowest BCUT2D eigenvalue weighted by Crippen LogP contribution is -2.18. The molecule has 156 valence electrons. The van der Waals surface area contributed by atoms with Gasteiger partial charge in [-0.15, -0.1) is 0 Å². The molecular weight excluding hydrogens is 411 g/mol. The first kappa shape index (κ1) is 20.1. The standard InChI is InChI=1S/C20H14F3N7O/c21-20(22,23)17-5-13(3-4-26-17)16-9-30(12-28-16)10-19(31)29-18-2-1-14(8-27-18)15-6-24-11-25-7-15/h1-9,11-12H,10H2,(H,27,29,31). The number of nitrogens with one attached hydrogen (secondary N) is 1. The third-order valence-corrected chi connectivity index (χ3v) is 4.23. The third-order valence-electron chi connectivity index (χ3n) is 4.23. The minimum absolute atomic E-state index is 0.0832. The third kappa shape index (κ3) is 4.89. The Morgan fingerprint density at radius 1 is 0.968 bits per heavy atom. The summed E-state index contributed by atoms with van der Waals surface area (Å²) < 4.78 is 40.0. The number of amides is 1. The van der Waals surface area contributed by atoms with Crippen molar-refractivity contribution in [3.63, 3.8) is 0 Å². The van der Waals surface area contributed by atoms with Gasteiger partial charge in [-0.2, -0.15) is 13.2 Å². The molecule has 4 aromatic heterocycles. The first-order valence-corrected chi connectivity index (χ1v) is 8.95. The first-order chi connectivity index (χ1) is 14.9. The molecule has 31 heavy (non-hydrogen) atoms. The fourth-order valence-electron chi connectivity index (χ4n) is 2.78. The Kier molecular flexibility index (Phi) is 5.39. The summed E-state index contributed by atoms with van der Waals surface area (Å²) in [6, 6.07) is 5.76. The van der Waals surface area contributed by atoms with Gasteiger partial charge in [-0.1, -0.05) is 0 Å². The monoisotopic (exact) mass is 425 g/mol. The SMILES string of the molecule is O=C(Cn1cnc(-c2ccnc(C(F)(F)F)c2)c1)Nc1ccc(-c2cncnc2)cn1. The smallest absolute Gasteiger partial charge is 0.327 e. The van der Waals surface area contributed by atoms with Crippen molar-refractivity contribution in [3.05, 3.63) is 73.6 Å². The molecule has 0 saturated carbocycles. The molecule has 1 N–H and O–H groups in total. The van der Waals surface area contributed by atoms with Crippen molar-refractivity contribution >= 4 is 11.7 Å². The molecule has 0 aliphatic carbocycles. The highest BCUT2D eigenvalue weighted by Gasteiger charge is 2.32. The molecule has 11 heteroatoms. The van der Waals surface area contributed by atoms with E-state index in [9.17, 15) is 18.0 Å². The van der Waals surface area contributed by atoms with Gasteiger partial charge in [0.1, 0.15) is 24.4 Å². The summed E-state index contributed by atoms with van der Waals surface area (Å²) in [5.41, 5.74) is 1.14. The number of imidazole rings is 1. The molecule has 0 bridgehead atoms. The van der Waals surface area contributed by atoms with Crippen LogP contribution in [0.2, 0.25) is 0 Å². The van der Waals surface area contributed by atoms with E-state index in [2.05, 4.69) is 30.2 Å². The summed E-state index contributed by atoms with van der Waals surface area (Å²) in [6.45, 7) is -0.0832. The quantitative estimate of drug-likeness (QED) is 0.526. The van der Waals surface area contributed by atoms with Crippen LogP contribution in [-0.4, -0.2) is 35.4 Å². The Labute approximate surface area is 173 Å². The molecule has 0 fully saturated rings. The number of halogens is 3. The lowest BCUT2D eigenvalue weighted by Gasteiger charge is -2.07.